The van der Waals surface area contributed by atoms with Gasteiger partial charge in [-0.3, -0.25) is 4.79 Å². The molecule has 3 N–H and O–H groups in total. The van der Waals surface area contributed by atoms with Gasteiger partial charge < -0.3 is 16.0 Å². The lowest BCUT2D eigenvalue weighted by Gasteiger charge is -2.27. The van der Waals surface area contributed by atoms with E-state index in [1.54, 1.807) is 6.07 Å². The Bertz CT molecular complexity index is 507. The number of hydrogen-bond donors (Lipinski definition) is 2. The minimum atomic E-state index is -0.383. The average Bonchev–Trinajstić information content (AvgIpc) is 3.12. The highest BCUT2D eigenvalue weighted by molar-refractivity contribution is 5.93. The average molecular weight is 274 g/mol. The van der Waals surface area contributed by atoms with Gasteiger partial charge in [0.05, 0.1) is 0 Å². The Morgan fingerprint density at radius 3 is 2.85 bits per heavy atom. The van der Waals surface area contributed by atoms with Gasteiger partial charge in [0, 0.05) is 29.9 Å². The number of nitrogens with one attached hydrogen (secondary N) is 1. The van der Waals surface area contributed by atoms with Gasteiger partial charge in [-0.15, -0.1) is 0 Å². The molecule has 2 fully saturated rings. The van der Waals surface area contributed by atoms with Crippen molar-refractivity contribution in [2.24, 2.45) is 5.73 Å². The number of aromatic nitrogens is 1. The van der Waals surface area contributed by atoms with Crippen molar-refractivity contribution < 1.29 is 4.79 Å². The number of aryl methyl sites for hydroxylation is 1. The Morgan fingerprint density at radius 1 is 1.45 bits per heavy atom. The van der Waals surface area contributed by atoms with Gasteiger partial charge in [-0.2, -0.15) is 0 Å². The van der Waals surface area contributed by atoms with Crippen molar-refractivity contribution in [2.45, 2.75) is 44.7 Å². The zero-order valence-electron chi connectivity index (χ0n) is 11.9. The fourth-order valence-corrected chi connectivity index (χ4v) is 2.91. The van der Waals surface area contributed by atoms with E-state index in [-0.39, 0.29) is 5.91 Å². The van der Waals surface area contributed by atoms with Crippen molar-refractivity contribution >= 4 is 11.7 Å². The first-order chi connectivity index (χ1) is 9.63. The lowest BCUT2D eigenvalue weighted by atomic mass is 10.2. The van der Waals surface area contributed by atoms with Crippen molar-refractivity contribution in [1.29, 1.82) is 0 Å². The van der Waals surface area contributed by atoms with E-state index in [4.69, 9.17) is 5.73 Å². The summed E-state index contributed by atoms with van der Waals surface area (Å²) in [6.45, 7) is 3.99. The monoisotopic (exact) mass is 274 g/mol. The molecule has 1 aromatic rings. The van der Waals surface area contributed by atoms with E-state index in [9.17, 15) is 4.79 Å². The molecule has 0 bridgehead atoms. The summed E-state index contributed by atoms with van der Waals surface area (Å²) in [4.78, 5) is 18.4. The third-order valence-corrected chi connectivity index (χ3v) is 4.09. The van der Waals surface area contributed by atoms with Gasteiger partial charge in [-0.25, -0.2) is 4.98 Å². The Kier molecular flexibility index (Phi) is 3.61. The molecule has 1 atom stereocenters. The summed E-state index contributed by atoms with van der Waals surface area (Å²) in [6, 6.07) is 4.70. The predicted octanol–water partition coefficient (Wildman–Crippen LogP) is 1.21. The van der Waals surface area contributed by atoms with Crippen LogP contribution in [0, 0.1) is 6.92 Å². The largest absolute Gasteiger partial charge is 0.366 e. The van der Waals surface area contributed by atoms with Crippen LogP contribution in [0.15, 0.2) is 12.1 Å². The molecular formula is C15H22N4O. The minimum Gasteiger partial charge on any atom is -0.366 e. The van der Waals surface area contributed by atoms with Crippen molar-refractivity contribution in [3.63, 3.8) is 0 Å². The number of pyridine rings is 1. The molecule has 3 rings (SSSR count). The van der Waals surface area contributed by atoms with E-state index < -0.39 is 0 Å². The molecule has 2 heterocycles. The lowest BCUT2D eigenvalue weighted by Crippen LogP contribution is -2.39. The maximum Gasteiger partial charge on any atom is 0.248 e. The molecule has 108 valence electrons. The molecule has 1 aliphatic heterocycles. The van der Waals surface area contributed by atoms with Gasteiger partial charge in [-0.05, 0) is 51.3 Å². The zero-order chi connectivity index (χ0) is 14.1. The van der Waals surface area contributed by atoms with Gasteiger partial charge in [0.15, 0.2) is 0 Å². The summed E-state index contributed by atoms with van der Waals surface area (Å²) < 4.78 is 0. The molecular weight excluding hydrogens is 252 g/mol. The highest BCUT2D eigenvalue weighted by Gasteiger charge is 2.32. The van der Waals surface area contributed by atoms with Crippen LogP contribution in [0.1, 0.15) is 41.7 Å². The molecule has 20 heavy (non-hydrogen) atoms. The van der Waals surface area contributed by atoms with Crippen LogP contribution in [-0.2, 0) is 0 Å². The van der Waals surface area contributed by atoms with Crippen LogP contribution in [-0.4, -0.2) is 36.1 Å². The quantitative estimate of drug-likeness (QED) is 0.846. The molecule has 2 aliphatic rings. The topological polar surface area (TPSA) is 71.2 Å². The summed E-state index contributed by atoms with van der Waals surface area (Å²) in [6.07, 6.45) is 4.90. The molecule has 0 spiro atoms. The number of primary amides is 1. The molecule has 0 aromatic carbocycles. The van der Waals surface area contributed by atoms with Gasteiger partial charge in [0.25, 0.3) is 0 Å². The Hall–Kier alpha value is -1.62. The third kappa shape index (κ3) is 2.93. The van der Waals surface area contributed by atoms with Crippen molar-refractivity contribution in [2.75, 3.05) is 18.0 Å². The first kappa shape index (κ1) is 13.4. The van der Waals surface area contributed by atoms with Gasteiger partial charge in [-0.1, -0.05) is 0 Å². The number of rotatable bonds is 5. The van der Waals surface area contributed by atoms with Crippen molar-refractivity contribution in [3.05, 3.63) is 23.4 Å². The van der Waals surface area contributed by atoms with Crippen LogP contribution in [0.5, 0.6) is 0 Å². The molecule has 0 radical (unpaired) electrons. The molecule has 1 unspecified atom stereocenters. The van der Waals surface area contributed by atoms with Crippen LogP contribution < -0.4 is 16.0 Å². The minimum absolute atomic E-state index is 0.383. The van der Waals surface area contributed by atoms with Crippen LogP contribution in [0.2, 0.25) is 0 Å². The number of nitrogens with zero attached hydrogens (tertiary/aromatic N) is 2. The molecule has 1 aromatic heterocycles. The lowest BCUT2D eigenvalue weighted by molar-refractivity contribution is 0.1000. The zero-order valence-corrected chi connectivity index (χ0v) is 11.9. The summed E-state index contributed by atoms with van der Waals surface area (Å²) in [5.41, 5.74) is 6.81. The third-order valence-electron chi connectivity index (χ3n) is 4.09. The van der Waals surface area contributed by atoms with Crippen LogP contribution in [0.25, 0.3) is 0 Å². The Balaban J connectivity index is 1.84. The van der Waals surface area contributed by atoms with Gasteiger partial charge in [0.2, 0.25) is 5.91 Å². The second-order valence-electron chi connectivity index (χ2n) is 5.90. The number of carbonyl (C=O) groups is 1. The van der Waals surface area contributed by atoms with E-state index in [0.29, 0.717) is 17.6 Å². The van der Waals surface area contributed by atoms with E-state index in [1.165, 1.54) is 25.7 Å². The van der Waals surface area contributed by atoms with E-state index >= 15 is 0 Å². The first-order valence-electron chi connectivity index (χ1n) is 7.42. The van der Waals surface area contributed by atoms with Crippen LogP contribution >= 0.6 is 0 Å². The fraction of sp³-hybridized carbons (Fsp3) is 0.600. The second-order valence-corrected chi connectivity index (χ2v) is 5.90. The smallest absolute Gasteiger partial charge is 0.248 e. The second kappa shape index (κ2) is 5.40. The molecule has 1 amide bonds. The van der Waals surface area contributed by atoms with E-state index in [0.717, 1.165) is 24.6 Å². The van der Waals surface area contributed by atoms with Gasteiger partial charge in [0.1, 0.15) is 5.82 Å². The summed E-state index contributed by atoms with van der Waals surface area (Å²) in [7, 11) is 0. The number of hydrogen-bond acceptors (Lipinski definition) is 4. The number of nitrogens with two attached hydrogens (primary N) is 1. The van der Waals surface area contributed by atoms with Crippen LogP contribution in [0.3, 0.4) is 0 Å². The SMILES string of the molecule is Cc1cc(C(N)=O)cc(N(CC2CCCN2)C2CC2)n1. The summed E-state index contributed by atoms with van der Waals surface area (Å²) in [5.74, 6) is 0.515. The van der Waals surface area contributed by atoms with E-state index in [1.807, 2.05) is 13.0 Å². The number of anilines is 1. The van der Waals surface area contributed by atoms with E-state index in [2.05, 4.69) is 15.2 Å². The Labute approximate surface area is 119 Å². The molecule has 1 saturated carbocycles. The first-order valence-corrected chi connectivity index (χ1v) is 7.42. The maximum absolute atomic E-state index is 11.4. The fourth-order valence-electron chi connectivity index (χ4n) is 2.91. The van der Waals surface area contributed by atoms with Crippen molar-refractivity contribution in [1.82, 2.24) is 10.3 Å². The highest BCUT2D eigenvalue weighted by atomic mass is 16.1. The normalized spacial score (nSPS) is 21.9. The maximum atomic E-state index is 11.4. The summed E-state index contributed by atoms with van der Waals surface area (Å²) in [5, 5.41) is 3.53. The molecule has 1 aliphatic carbocycles. The number of amides is 1. The number of carbonyl (C=O) groups excluding carboxylic acids is 1. The van der Waals surface area contributed by atoms with Gasteiger partial charge >= 0.3 is 0 Å². The molecule has 5 nitrogen and oxygen atoms in total. The predicted molar refractivity (Wildman–Crippen MR) is 78.9 cm³/mol. The molecule has 5 heteroatoms. The van der Waals surface area contributed by atoms with Crippen LogP contribution in [0.4, 0.5) is 5.82 Å². The van der Waals surface area contributed by atoms with Crippen molar-refractivity contribution in [3.8, 4) is 0 Å². The summed E-state index contributed by atoms with van der Waals surface area (Å²) >= 11 is 0. The molecule has 1 saturated heterocycles. The Morgan fingerprint density at radius 2 is 2.25 bits per heavy atom. The standard InChI is InChI=1S/C15H22N4O/c1-10-7-11(15(16)20)8-14(18-10)19(13-4-5-13)9-12-3-2-6-17-12/h7-8,12-13,17H,2-6,9H2,1H3,(H2,16,20). The highest BCUT2D eigenvalue weighted by Crippen LogP contribution is 2.32.